The number of nitrogens with one attached hydrogen (secondary N) is 1. The number of carbonyl (C=O) groups excluding carboxylic acids is 3. The Balaban J connectivity index is 3.66. The van der Waals surface area contributed by atoms with Crippen LogP contribution in [0.15, 0.2) is 0 Å². The average molecular weight is 616 g/mol. The van der Waals surface area contributed by atoms with E-state index < -0.39 is 74.6 Å². The van der Waals surface area contributed by atoms with Crippen LogP contribution in [0.1, 0.15) is 39.4 Å². The minimum Gasteiger partial charge on any atom is -0.465 e. The number of ether oxygens (including phenoxy) is 1. The number of amides is 2. The number of carbonyl (C=O) groups is 3. The topological polar surface area (TPSA) is 75.7 Å². The quantitative estimate of drug-likeness (QED) is 0.259. The predicted molar refractivity (Wildman–Crippen MR) is 107 cm³/mol. The van der Waals surface area contributed by atoms with Crippen molar-refractivity contribution in [1.29, 1.82) is 0 Å². The zero-order valence-electron chi connectivity index (χ0n) is 19.8. The minimum atomic E-state index is -8.19. The predicted octanol–water partition coefficient (Wildman–Crippen LogP) is 6.00. The number of thiophene rings is 1. The van der Waals surface area contributed by atoms with Crippen molar-refractivity contribution in [3.63, 3.8) is 0 Å². The Bertz CT molecular complexity index is 1110. The van der Waals surface area contributed by atoms with Gasteiger partial charge in [-0.2, -0.15) is 57.1 Å². The molecule has 20 heteroatoms. The van der Waals surface area contributed by atoms with Crippen molar-refractivity contribution in [3.05, 3.63) is 16.0 Å². The number of alkyl halides is 13. The van der Waals surface area contributed by atoms with Crippen molar-refractivity contribution in [2.24, 2.45) is 0 Å². The van der Waals surface area contributed by atoms with Crippen LogP contribution in [0.4, 0.5) is 62.1 Å². The largest absolute Gasteiger partial charge is 0.465 e. The monoisotopic (exact) mass is 616 g/mol. The second kappa shape index (κ2) is 10.6. The van der Waals surface area contributed by atoms with E-state index in [2.05, 4.69) is 4.74 Å². The van der Waals surface area contributed by atoms with E-state index in [1.807, 2.05) is 0 Å². The molecule has 224 valence electrons. The zero-order valence-corrected chi connectivity index (χ0v) is 20.6. The van der Waals surface area contributed by atoms with Crippen LogP contribution in [0.2, 0.25) is 0 Å². The molecule has 0 saturated carbocycles. The highest BCUT2D eigenvalue weighted by atomic mass is 32.1. The lowest BCUT2D eigenvalue weighted by atomic mass is 9.93. The summed E-state index contributed by atoms with van der Waals surface area (Å²) in [6.07, 6.45) is -7.61. The first-order valence-electron chi connectivity index (χ1n) is 10.1. The summed E-state index contributed by atoms with van der Waals surface area (Å²) in [4.78, 5) is 37.3. The summed E-state index contributed by atoms with van der Waals surface area (Å²) < 4.78 is 178. The second-order valence-corrected chi connectivity index (χ2v) is 8.57. The van der Waals surface area contributed by atoms with Crippen molar-refractivity contribution in [3.8, 4) is 0 Å². The third-order valence-corrected chi connectivity index (χ3v) is 6.42. The molecule has 1 aromatic rings. The Morgan fingerprint density at radius 2 is 1.23 bits per heavy atom. The molecule has 1 heterocycles. The summed E-state index contributed by atoms with van der Waals surface area (Å²) in [7, 11) is 0.698. The molecule has 0 aliphatic rings. The molecule has 0 radical (unpaired) electrons. The Morgan fingerprint density at radius 1 is 0.795 bits per heavy atom. The van der Waals surface area contributed by atoms with Crippen molar-refractivity contribution in [1.82, 2.24) is 4.90 Å². The fourth-order valence-electron chi connectivity index (χ4n) is 2.90. The number of hydrogen-bond donors (Lipinski definition) is 1. The van der Waals surface area contributed by atoms with Gasteiger partial charge in [-0.15, -0.1) is 11.3 Å². The summed E-state index contributed by atoms with van der Waals surface area (Å²) in [6, 6.07) is 0. The van der Waals surface area contributed by atoms with Crippen LogP contribution >= 0.6 is 11.3 Å². The third kappa shape index (κ3) is 5.22. The number of hydrogen-bond acceptors (Lipinski definition) is 5. The maximum atomic E-state index is 14.2. The highest BCUT2D eigenvalue weighted by Gasteiger charge is 2.91. The molecule has 0 spiro atoms. The van der Waals surface area contributed by atoms with Crippen LogP contribution in [-0.2, 0) is 9.53 Å². The van der Waals surface area contributed by atoms with E-state index in [9.17, 15) is 71.5 Å². The summed E-state index contributed by atoms with van der Waals surface area (Å²) in [5.41, 5.74) is -1.33. The molecular weight excluding hydrogens is 599 g/mol. The van der Waals surface area contributed by atoms with Crippen molar-refractivity contribution in [2.45, 2.75) is 56.6 Å². The van der Waals surface area contributed by atoms with E-state index in [4.69, 9.17) is 0 Å². The number of halogens is 13. The summed E-state index contributed by atoms with van der Waals surface area (Å²) in [5, 5.41) is -0.371. The van der Waals surface area contributed by atoms with Crippen LogP contribution in [0.25, 0.3) is 0 Å². The zero-order chi connectivity index (χ0) is 31.2. The molecule has 0 fully saturated rings. The molecule has 0 saturated heterocycles. The maximum Gasteiger partial charge on any atom is 0.460 e. The lowest BCUT2D eigenvalue weighted by molar-refractivity contribution is -0.435. The third-order valence-electron chi connectivity index (χ3n) is 5.23. The van der Waals surface area contributed by atoms with Gasteiger partial charge < -0.3 is 15.0 Å². The first-order valence-corrected chi connectivity index (χ1v) is 10.9. The Morgan fingerprint density at radius 3 is 1.62 bits per heavy atom. The molecule has 0 aliphatic heterocycles. The van der Waals surface area contributed by atoms with Gasteiger partial charge in [0, 0.05) is 13.1 Å². The summed E-state index contributed by atoms with van der Waals surface area (Å²) in [5.74, 6) is -45.3. The molecule has 1 rings (SSSR count). The fourth-order valence-corrected chi connectivity index (χ4v) is 4.06. The van der Waals surface area contributed by atoms with Crippen molar-refractivity contribution >= 4 is 34.1 Å². The summed E-state index contributed by atoms with van der Waals surface area (Å²) >= 11 is -0.0339. The number of nitrogens with zero attached hydrogens (tertiary/aromatic N) is 1. The molecule has 0 aromatic carbocycles. The molecule has 0 aliphatic carbocycles. The standard InChI is InChI=1S/C19H17F13N2O4S/c1-5-34(6-2)11(35)9-7(3)8(12(36)38-4)10(39-9)33-13(37)14(20,21)15(22,23)16(24,25)17(26,27)18(28,29)19(30,31)32/h5-6H2,1-4H3,(H,33,37). The first-order chi connectivity index (χ1) is 17.3. The average Bonchev–Trinajstić information content (AvgIpc) is 3.13. The minimum absolute atomic E-state index is 0.0339. The first kappa shape index (κ1) is 34.2. The van der Waals surface area contributed by atoms with Gasteiger partial charge in [-0.1, -0.05) is 0 Å². The fraction of sp³-hybridized carbons (Fsp3) is 0.632. The highest BCUT2D eigenvalue weighted by molar-refractivity contribution is 7.18. The molecule has 1 aromatic heterocycles. The van der Waals surface area contributed by atoms with Gasteiger partial charge >= 0.3 is 47.7 Å². The van der Waals surface area contributed by atoms with Gasteiger partial charge in [-0.3, -0.25) is 9.59 Å². The molecule has 39 heavy (non-hydrogen) atoms. The van der Waals surface area contributed by atoms with Gasteiger partial charge in [0.25, 0.3) is 5.91 Å². The molecule has 0 atom stereocenters. The SMILES string of the molecule is CCN(CC)C(=O)c1sc(NC(=O)C(F)(F)C(F)(F)C(F)(F)C(F)(F)C(F)(F)C(F)(F)F)c(C(=O)OC)c1C. The molecular formula is C19H17F13N2O4S. The van der Waals surface area contributed by atoms with Crippen LogP contribution in [0.3, 0.4) is 0 Å². The van der Waals surface area contributed by atoms with Gasteiger partial charge in [0.1, 0.15) is 5.00 Å². The maximum absolute atomic E-state index is 14.2. The molecule has 2 amide bonds. The van der Waals surface area contributed by atoms with E-state index in [0.717, 1.165) is 17.1 Å². The van der Waals surface area contributed by atoms with Gasteiger partial charge in [-0.25, -0.2) is 4.79 Å². The van der Waals surface area contributed by atoms with Gasteiger partial charge in [0.05, 0.1) is 17.6 Å². The van der Waals surface area contributed by atoms with E-state index in [0.29, 0.717) is 7.11 Å². The number of rotatable bonds is 10. The molecule has 6 nitrogen and oxygen atoms in total. The Kier molecular flexibility index (Phi) is 9.34. The van der Waals surface area contributed by atoms with Crippen molar-refractivity contribution < 1.29 is 76.2 Å². The number of esters is 1. The highest BCUT2D eigenvalue weighted by Crippen LogP contribution is 2.60. The van der Waals surface area contributed by atoms with Gasteiger partial charge in [0.15, 0.2) is 0 Å². The Labute approximate surface area is 214 Å². The van der Waals surface area contributed by atoms with E-state index >= 15 is 0 Å². The van der Waals surface area contributed by atoms with E-state index in [1.165, 1.54) is 13.8 Å². The smallest absolute Gasteiger partial charge is 0.460 e. The molecule has 0 unspecified atom stereocenters. The molecule has 1 N–H and O–H groups in total. The van der Waals surface area contributed by atoms with Crippen LogP contribution in [-0.4, -0.2) is 78.7 Å². The van der Waals surface area contributed by atoms with Gasteiger partial charge in [-0.05, 0) is 26.3 Å². The molecule has 0 bridgehead atoms. The van der Waals surface area contributed by atoms with Crippen LogP contribution < -0.4 is 5.32 Å². The van der Waals surface area contributed by atoms with Crippen LogP contribution in [0, 0.1) is 6.92 Å². The normalized spacial score (nSPS) is 13.8. The van der Waals surface area contributed by atoms with Gasteiger partial charge in [0.2, 0.25) is 0 Å². The lowest BCUT2D eigenvalue weighted by Gasteiger charge is -2.39. The second-order valence-electron chi connectivity index (χ2n) is 7.55. The van der Waals surface area contributed by atoms with E-state index in [1.54, 1.807) is 0 Å². The summed E-state index contributed by atoms with van der Waals surface area (Å²) in [6.45, 7) is 4.04. The van der Waals surface area contributed by atoms with Crippen LogP contribution in [0.5, 0.6) is 0 Å². The van der Waals surface area contributed by atoms with E-state index in [-0.39, 0.29) is 24.4 Å². The Hall–Kier alpha value is -2.80. The number of anilines is 1. The lowest BCUT2D eigenvalue weighted by Crippen LogP contribution is -2.71. The number of methoxy groups -OCH3 is 1. The van der Waals surface area contributed by atoms with Crippen molar-refractivity contribution in [2.75, 3.05) is 25.5 Å².